The molecule has 2 aliphatic heterocycles. The zero-order valence-electron chi connectivity index (χ0n) is 13.5. The van der Waals surface area contributed by atoms with Gasteiger partial charge in [0.2, 0.25) is 0 Å². The van der Waals surface area contributed by atoms with Gasteiger partial charge < -0.3 is 5.32 Å². The number of likely N-dealkylation sites (N-methyl/N-ethyl adjacent to an activating group) is 1. The van der Waals surface area contributed by atoms with E-state index in [1.165, 1.54) is 71.0 Å². The van der Waals surface area contributed by atoms with Gasteiger partial charge >= 0.3 is 0 Å². The van der Waals surface area contributed by atoms with Crippen molar-refractivity contribution in [2.75, 3.05) is 26.7 Å². The summed E-state index contributed by atoms with van der Waals surface area (Å²) < 4.78 is 0. The molecule has 1 aliphatic carbocycles. The van der Waals surface area contributed by atoms with E-state index >= 15 is 0 Å². The zero-order chi connectivity index (χ0) is 13.9. The highest BCUT2D eigenvalue weighted by Crippen LogP contribution is 2.32. The second kappa shape index (κ2) is 6.76. The van der Waals surface area contributed by atoms with Crippen molar-refractivity contribution in [2.24, 2.45) is 0 Å². The first-order valence-electron chi connectivity index (χ1n) is 8.97. The summed E-state index contributed by atoms with van der Waals surface area (Å²) in [5, 5.41) is 3.71. The molecule has 1 N–H and O–H groups in total. The quantitative estimate of drug-likeness (QED) is 0.853. The second-order valence-corrected chi connectivity index (χ2v) is 7.29. The summed E-state index contributed by atoms with van der Waals surface area (Å²) in [5.74, 6) is 0. The molecule has 0 aromatic heterocycles. The van der Waals surface area contributed by atoms with Gasteiger partial charge in [-0.05, 0) is 71.5 Å². The third-order valence-corrected chi connectivity index (χ3v) is 6.08. The summed E-state index contributed by atoms with van der Waals surface area (Å²) in [6.45, 7) is 6.16. The molecule has 2 saturated heterocycles. The van der Waals surface area contributed by atoms with Crippen LogP contribution in [0, 0.1) is 0 Å². The molecule has 2 bridgehead atoms. The van der Waals surface area contributed by atoms with Crippen molar-refractivity contribution < 1.29 is 0 Å². The Morgan fingerprint density at radius 1 is 0.900 bits per heavy atom. The van der Waals surface area contributed by atoms with Gasteiger partial charge in [-0.25, -0.2) is 0 Å². The van der Waals surface area contributed by atoms with Crippen LogP contribution in [0.15, 0.2) is 0 Å². The molecule has 116 valence electrons. The van der Waals surface area contributed by atoms with Crippen LogP contribution in [0.4, 0.5) is 0 Å². The molecule has 2 atom stereocenters. The highest BCUT2D eigenvalue weighted by Gasteiger charge is 2.37. The van der Waals surface area contributed by atoms with Crippen LogP contribution in [0.25, 0.3) is 0 Å². The van der Waals surface area contributed by atoms with Gasteiger partial charge in [-0.2, -0.15) is 0 Å². The Balaban J connectivity index is 1.48. The summed E-state index contributed by atoms with van der Waals surface area (Å²) in [6.07, 6.45) is 11.2. The predicted octanol–water partition coefficient (Wildman–Crippen LogP) is 2.47. The molecule has 3 aliphatic rings. The maximum absolute atomic E-state index is 3.71. The number of nitrogens with zero attached hydrogens (tertiary/aromatic N) is 2. The molecule has 0 radical (unpaired) electrons. The molecule has 0 aromatic rings. The van der Waals surface area contributed by atoms with Crippen LogP contribution in [0.2, 0.25) is 0 Å². The normalized spacial score (nSPS) is 39.9. The van der Waals surface area contributed by atoms with Crippen LogP contribution in [-0.4, -0.2) is 60.6 Å². The molecule has 3 rings (SSSR count). The molecule has 20 heavy (non-hydrogen) atoms. The highest BCUT2D eigenvalue weighted by molar-refractivity contribution is 4.94. The molecule has 3 nitrogen and oxygen atoms in total. The van der Waals surface area contributed by atoms with Crippen LogP contribution >= 0.6 is 0 Å². The van der Waals surface area contributed by atoms with E-state index in [-0.39, 0.29) is 0 Å². The van der Waals surface area contributed by atoms with Gasteiger partial charge in [-0.15, -0.1) is 0 Å². The molecule has 0 spiro atoms. The minimum atomic E-state index is 0.803. The number of fused-ring (bicyclic) bond motifs is 2. The minimum Gasteiger partial charge on any atom is -0.314 e. The average Bonchev–Trinajstić information content (AvgIpc) is 2.71. The van der Waals surface area contributed by atoms with E-state index in [0.29, 0.717) is 0 Å². The van der Waals surface area contributed by atoms with E-state index in [0.717, 1.165) is 24.2 Å². The lowest BCUT2D eigenvalue weighted by Crippen LogP contribution is -2.46. The maximum atomic E-state index is 3.71. The highest BCUT2D eigenvalue weighted by atomic mass is 15.3. The maximum Gasteiger partial charge on any atom is 0.0223 e. The molecule has 0 aromatic carbocycles. The van der Waals surface area contributed by atoms with Gasteiger partial charge in [-0.3, -0.25) is 9.80 Å². The molecule has 2 heterocycles. The van der Waals surface area contributed by atoms with Crippen LogP contribution in [0.1, 0.15) is 58.3 Å². The van der Waals surface area contributed by atoms with E-state index in [2.05, 4.69) is 29.1 Å². The molecule has 3 fully saturated rings. The standard InChI is InChI=1S/C17H33N3/c1-3-11-18-14-4-6-16(7-5-14)20-12-10-15-8-9-17(13-20)19(15)2/h14-18H,3-13H2,1-2H3. The average molecular weight is 279 g/mol. The van der Waals surface area contributed by atoms with Crippen molar-refractivity contribution in [3.63, 3.8) is 0 Å². The fourth-order valence-electron chi connectivity index (χ4n) is 4.66. The van der Waals surface area contributed by atoms with E-state index in [9.17, 15) is 0 Å². The summed E-state index contributed by atoms with van der Waals surface area (Å²) in [5.41, 5.74) is 0. The number of hydrogen-bond donors (Lipinski definition) is 1. The van der Waals surface area contributed by atoms with Gasteiger partial charge in [0.25, 0.3) is 0 Å². The number of likely N-dealkylation sites (tertiary alicyclic amines) is 1. The van der Waals surface area contributed by atoms with E-state index < -0.39 is 0 Å². The van der Waals surface area contributed by atoms with Gasteiger partial charge in [0.05, 0.1) is 0 Å². The third kappa shape index (κ3) is 3.20. The fraction of sp³-hybridized carbons (Fsp3) is 1.00. The molecule has 3 heteroatoms. The first kappa shape index (κ1) is 14.8. The minimum absolute atomic E-state index is 0.803. The summed E-state index contributed by atoms with van der Waals surface area (Å²) >= 11 is 0. The van der Waals surface area contributed by atoms with Crippen molar-refractivity contribution in [1.82, 2.24) is 15.1 Å². The first-order valence-corrected chi connectivity index (χ1v) is 8.97. The summed E-state index contributed by atoms with van der Waals surface area (Å²) in [4.78, 5) is 5.52. The Bertz CT molecular complexity index is 299. The molecular weight excluding hydrogens is 246 g/mol. The van der Waals surface area contributed by atoms with Crippen LogP contribution < -0.4 is 5.32 Å². The van der Waals surface area contributed by atoms with Gasteiger partial charge in [0.1, 0.15) is 0 Å². The lowest BCUT2D eigenvalue weighted by atomic mass is 9.89. The van der Waals surface area contributed by atoms with Crippen molar-refractivity contribution in [2.45, 2.75) is 82.5 Å². The monoisotopic (exact) mass is 279 g/mol. The van der Waals surface area contributed by atoms with Gasteiger partial charge in [0.15, 0.2) is 0 Å². The Hall–Kier alpha value is -0.120. The Kier molecular flexibility index (Phi) is 5.00. The summed E-state index contributed by atoms with van der Waals surface area (Å²) in [7, 11) is 2.36. The fourth-order valence-corrected chi connectivity index (χ4v) is 4.66. The van der Waals surface area contributed by atoms with Gasteiger partial charge in [0, 0.05) is 30.7 Å². The largest absolute Gasteiger partial charge is 0.314 e. The number of hydrogen-bond acceptors (Lipinski definition) is 3. The van der Waals surface area contributed by atoms with Crippen molar-refractivity contribution in [1.29, 1.82) is 0 Å². The molecule has 0 amide bonds. The van der Waals surface area contributed by atoms with Crippen LogP contribution in [0.3, 0.4) is 0 Å². The van der Waals surface area contributed by atoms with Crippen molar-refractivity contribution in [3.8, 4) is 0 Å². The Labute approximate surface area is 125 Å². The number of rotatable bonds is 4. The smallest absolute Gasteiger partial charge is 0.0223 e. The molecule has 1 saturated carbocycles. The third-order valence-electron chi connectivity index (χ3n) is 6.08. The van der Waals surface area contributed by atoms with Crippen molar-refractivity contribution >= 4 is 0 Å². The Morgan fingerprint density at radius 2 is 1.60 bits per heavy atom. The number of nitrogens with one attached hydrogen (secondary N) is 1. The lowest BCUT2D eigenvalue weighted by molar-refractivity contribution is 0.129. The first-order chi connectivity index (χ1) is 9.78. The van der Waals surface area contributed by atoms with Crippen LogP contribution in [-0.2, 0) is 0 Å². The second-order valence-electron chi connectivity index (χ2n) is 7.29. The van der Waals surface area contributed by atoms with E-state index in [1.807, 2.05) is 0 Å². The Morgan fingerprint density at radius 3 is 2.35 bits per heavy atom. The topological polar surface area (TPSA) is 18.5 Å². The summed E-state index contributed by atoms with van der Waals surface area (Å²) in [6, 6.07) is 3.41. The van der Waals surface area contributed by atoms with Gasteiger partial charge in [-0.1, -0.05) is 6.92 Å². The predicted molar refractivity (Wildman–Crippen MR) is 85.1 cm³/mol. The van der Waals surface area contributed by atoms with E-state index in [4.69, 9.17) is 0 Å². The molecular formula is C17H33N3. The van der Waals surface area contributed by atoms with Crippen molar-refractivity contribution in [3.05, 3.63) is 0 Å². The molecule has 2 unspecified atom stereocenters. The van der Waals surface area contributed by atoms with Crippen LogP contribution in [0.5, 0.6) is 0 Å². The lowest BCUT2D eigenvalue weighted by Gasteiger charge is -2.38. The zero-order valence-corrected chi connectivity index (χ0v) is 13.5. The van der Waals surface area contributed by atoms with E-state index in [1.54, 1.807) is 0 Å². The SMILES string of the molecule is CCCNC1CCC(N2CCC3CCC(C2)N3C)CC1.